The van der Waals surface area contributed by atoms with Gasteiger partial charge in [-0.2, -0.15) is 8.61 Å². The van der Waals surface area contributed by atoms with Crippen molar-refractivity contribution in [3.8, 4) is 11.8 Å². The summed E-state index contributed by atoms with van der Waals surface area (Å²) in [6, 6.07) is 18.3. The number of sulfonamides is 2. The maximum absolute atomic E-state index is 14.0. The van der Waals surface area contributed by atoms with Gasteiger partial charge in [-0.1, -0.05) is 59.9 Å². The molecule has 1 aliphatic carbocycles. The highest BCUT2D eigenvalue weighted by Gasteiger charge is 2.57. The van der Waals surface area contributed by atoms with E-state index < -0.39 is 48.6 Å². The van der Waals surface area contributed by atoms with Crippen LogP contribution in [0.3, 0.4) is 0 Å². The van der Waals surface area contributed by atoms with Gasteiger partial charge in [0.1, 0.15) is 0 Å². The summed E-state index contributed by atoms with van der Waals surface area (Å²) in [7, 11) is -8.32. The van der Waals surface area contributed by atoms with Gasteiger partial charge in [-0.25, -0.2) is 16.8 Å². The lowest BCUT2D eigenvalue weighted by atomic mass is 10.0. The lowest BCUT2D eigenvalue weighted by molar-refractivity contribution is -0.384. The smallest absolute Gasteiger partial charge is 0.304 e. The molecule has 2 aliphatic rings. The number of ether oxygens (including phenoxy) is 1. The van der Waals surface area contributed by atoms with Crippen LogP contribution in [0.4, 0.5) is 5.69 Å². The van der Waals surface area contributed by atoms with Gasteiger partial charge in [-0.05, 0) is 62.4 Å². The summed E-state index contributed by atoms with van der Waals surface area (Å²) in [5, 5.41) is 11.1. The predicted molar refractivity (Wildman–Crippen MR) is 166 cm³/mol. The molecule has 1 saturated carbocycles. The van der Waals surface area contributed by atoms with Crippen LogP contribution in [0.15, 0.2) is 88.7 Å². The third-order valence-electron chi connectivity index (χ3n) is 8.01. The molecule has 0 amide bonds. The SMILES string of the molecule is CC(=O)OC1(C#CCN(CC2C(c3ccccc3)N2S(=O)(=O)c2ccc([N+](=O)[O-])cc2)S(=O)(=O)c2ccc(C)cc2)CCCC1. The number of carbonyl (C=O) groups is 1. The van der Waals surface area contributed by atoms with E-state index in [0.717, 1.165) is 34.8 Å². The van der Waals surface area contributed by atoms with E-state index in [4.69, 9.17) is 4.74 Å². The summed E-state index contributed by atoms with van der Waals surface area (Å²) in [6.07, 6.45) is 2.74. The van der Waals surface area contributed by atoms with Crippen LogP contribution in [-0.4, -0.2) is 61.1 Å². The summed E-state index contributed by atoms with van der Waals surface area (Å²) < 4.78 is 63.7. The molecule has 3 aromatic rings. The average molecular weight is 652 g/mol. The van der Waals surface area contributed by atoms with Crippen LogP contribution < -0.4 is 0 Å². The zero-order valence-corrected chi connectivity index (χ0v) is 26.5. The first-order valence-electron chi connectivity index (χ1n) is 14.4. The van der Waals surface area contributed by atoms with Crippen LogP contribution in [0, 0.1) is 28.9 Å². The van der Waals surface area contributed by atoms with Gasteiger partial charge in [0.2, 0.25) is 20.0 Å². The van der Waals surface area contributed by atoms with Crippen LogP contribution >= 0.6 is 0 Å². The molecule has 11 nitrogen and oxygen atoms in total. The van der Waals surface area contributed by atoms with Crippen molar-refractivity contribution in [2.45, 2.75) is 67.0 Å². The summed E-state index contributed by atoms with van der Waals surface area (Å²) in [6.45, 7) is 2.68. The third kappa shape index (κ3) is 6.94. The molecule has 0 N–H and O–H groups in total. The number of hydrogen-bond acceptors (Lipinski definition) is 8. The highest BCUT2D eigenvalue weighted by molar-refractivity contribution is 7.89. The number of aryl methyl sites for hydroxylation is 1. The number of esters is 1. The van der Waals surface area contributed by atoms with E-state index in [0.29, 0.717) is 18.4 Å². The molecule has 45 heavy (non-hydrogen) atoms. The number of nitro groups is 1. The fraction of sp³-hybridized carbons (Fsp3) is 0.344. The Kier molecular flexibility index (Phi) is 9.14. The van der Waals surface area contributed by atoms with Gasteiger partial charge in [0, 0.05) is 25.6 Å². The van der Waals surface area contributed by atoms with Crippen molar-refractivity contribution in [2.24, 2.45) is 0 Å². The van der Waals surface area contributed by atoms with E-state index in [-0.39, 0.29) is 28.6 Å². The number of rotatable bonds is 10. The molecule has 13 heteroatoms. The van der Waals surface area contributed by atoms with Gasteiger partial charge < -0.3 is 4.74 Å². The van der Waals surface area contributed by atoms with E-state index in [9.17, 15) is 31.7 Å². The van der Waals surface area contributed by atoms with Gasteiger partial charge in [-0.3, -0.25) is 14.9 Å². The van der Waals surface area contributed by atoms with Gasteiger partial charge in [-0.15, -0.1) is 0 Å². The predicted octanol–water partition coefficient (Wildman–Crippen LogP) is 4.59. The molecule has 3 unspecified atom stereocenters. The molecular formula is C32H33N3O8S2. The first kappa shape index (κ1) is 32.3. The monoisotopic (exact) mass is 651 g/mol. The Bertz CT molecular complexity index is 1840. The summed E-state index contributed by atoms with van der Waals surface area (Å²) in [5.41, 5.74) is 0.310. The molecule has 1 aliphatic heterocycles. The first-order valence-corrected chi connectivity index (χ1v) is 17.3. The van der Waals surface area contributed by atoms with E-state index >= 15 is 0 Å². The van der Waals surface area contributed by atoms with Crippen LogP contribution in [-0.2, 0) is 29.6 Å². The topological polar surface area (TPSA) is 144 Å². The number of non-ortho nitro benzene ring substituents is 1. The van der Waals surface area contributed by atoms with Crippen LogP contribution in [0.1, 0.15) is 49.8 Å². The molecule has 0 aromatic heterocycles. The fourth-order valence-corrected chi connectivity index (χ4v) is 8.85. The zero-order chi connectivity index (χ0) is 32.4. The molecule has 2 fully saturated rings. The Morgan fingerprint density at radius 2 is 1.58 bits per heavy atom. The Balaban J connectivity index is 1.51. The quantitative estimate of drug-likeness (QED) is 0.102. The first-order chi connectivity index (χ1) is 21.3. The van der Waals surface area contributed by atoms with Crippen LogP contribution in [0.25, 0.3) is 0 Å². The lowest BCUT2D eigenvalue weighted by Crippen LogP contribution is -2.36. The minimum Gasteiger partial charge on any atom is -0.446 e. The third-order valence-corrected chi connectivity index (χ3v) is 11.8. The molecule has 0 radical (unpaired) electrons. The molecule has 0 spiro atoms. The maximum Gasteiger partial charge on any atom is 0.304 e. The summed E-state index contributed by atoms with van der Waals surface area (Å²) in [4.78, 5) is 22.2. The summed E-state index contributed by atoms with van der Waals surface area (Å²) >= 11 is 0. The van der Waals surface area contributed by atoms with Gasteiger partial charge >= 0.3 is 5.97 Å². The van der Waals surface area contributed by atoms with E-state index in [1.54, 1.807) is 42.5 Å². The van der Waals surface area contributed by atoms with E-state index in [2.05, 4.69) is 11.8 Å². The van der Waals surface area contributed by atoms with Crippen molar-refractivity contribution in [3.63, 3.8) is 0 Å². The molecule has 236 valence electrons. The normalized spacial score (nSPS) is 20.6. The second-order valence-electron chi connectivity index (χ2n) is 11.2. The highest BCUT2D eigenvalue weighted by atomic mass is 32.2. The molecular weight excluding hydrogens is 618 g/mol. The van der Waals surface area contributed by atoms with Crippen molar-refractivity contribution < 1.29 is 31.3 Å². The van der Waals surface area contributed by atoms with Crippen molar-refractivity contribution in [3.05, 3.63) is 100 Å². The molecule has 1 heterocycles. The second kappa shape index (κ2) is 12.7. The van der Waals surface area contributed by atoms with Gasteiger partial charge in [0.05, 0.1) is 33.3 Å². The molecule has 5 rings (SSSR count). The lowest BCUT2D eigenvalue weighted by Gasteiger charge is -2.23. The maximum atomic E-state index is 14.0. The van der Waals surface area contributed by atoms with Crippen LogP contribution in [0.5, 0.6) is 0 Å². The Morgan fingerprint density at radius 1 is 0.978 bits per heavy atom. The second-order valence-corrected chi connectivity index (χ2v) is 15.0. The summed E-state index contributed by atoms with van der Waals surface area (Å²) in [5.74, 6) is 5.49. The Morgan fingerprint density at radius 3 is 2.16 bits per heavy atom. The molecule has 0 bridgehead atoms. The number of hydrogen-bond donors (Lipinski definition) is 0. The molecule has 1 saturated heterocycles. The van der Waals surface area contributed by atoms with Crippen molar-refractivity contribution in [2.75, 3.05) is 13.1 Å². The average Bonchev–Trinajstić information content (AvgIpc) is 3.57. The number of benzene rings is 3. The van der Waals surface area contributed by atoms with Crippen molar-refractivity contribution in [1.29, 1.82) is 0 Å². The van der Waals surface area contributed by atoms with E-state index in [1.165, 1.54) is 35.5 Å². The standard InChI is InChI=1S/C32H33N3O8S2/c1-24-11-15-28(16-12-24)44(39,40)33(22-8-21-32(43-25(2)36)19-6-7-20-32)23-30-31(26-9-4-3-5-10-26)34(30)45(41,42)29-17-13-27(14-18-29)35(37)38/h3-5,9-18,30-31H,6-7,19-20,22-23H2,1-2H3. The largest absolute Gasteiger partial charge is 0.446 e. The molecule has 3 atom stereocenters. The zero-order valence-electron chi connectivity index (χ0n) is 24.8. The molecule has 3 aromatic carbocycles. The number of nitro benzene ring substituents is 1. The van der Waals surface area contributed by atoms with E-state index in [1.807, 2.05) is 6.92 Å². The Hall–Kier alpha value is -4.09. The number of carbonyl (C=O) groups excluding carboxylic acids is 1. The van der Waals surface area contributed by atoms with Crippen LogP contribution in [0.2, 0.25) is 0 Å². The van der Waals surface area contributed by atoms with Gasteiger partial charge in [0.15, 0.2) is 5.60 Å². The van der Waals surface area contributed by atoms with Gasteiger partial charge in [0.25, 0.3) is 5.69 Å². The minimum absolute atomic E-state index is 0.0344. The minimum atomic E-state index is -4.18. The van der Waals surface area contributed by atoms with Crippen molar-refractivity contribution in [1.82, 2.24) is 8.61 Å². The fourth-order valence-electron chi connectivity index (χ4n) is 5.72. The van der Waals surface area contributed by atoms with Crippen molar-refractivity contribution >= 4 is 31.7 Å². The number of nitrogens with zero attached hydrogens (tertiary/aromatic N) is 3. The highest BCUT2D eigenvalue weighted by Crippen LogP contribution is 2.48. The Labute approximate surface area is 263 Å².